The van der Waals surface area contributed by atoms with Crippen LogP contribution in [0, 0.1) is 0 Å². The van der Waals surface area contributed by atoms with Gasteiger partial charge in [-0.1, -0.05) is 0 Å². The Morgan fingerprint density at radius 3 is 0.848 bits per heavy atom. The third-order valence-corrected chi connectivity index (χ3v) is 36.6. The van der Waals surface area contributed by atoms with Gasteiger partial charge in [0.25, 0.3) is 0 Å². The predicted octanol–water partition coefficient (Wildman–Crippen LogP) is 7.84. The molecule has 0 bridgehead atoms. The average Bonchev–Trinajstić information content (AvgIpc) is 3.71. The summed E-state index contributed by atoms with van der Waals surface area (Å²) in [6.45, 7) is 5.30. The molecule has 0 radical (unpaired) electrons. The molecule has 1 aliphatic carbocycles. The summed E-state index contributed by atoms with van der Waals surface area (Å²) in [5.74, 6) is 0. The Bertz CT molecular complexity index is 1080. The molecular weight excluding hydrogens is 664 g/mol. The summed E-state index contributed by atoms with van der Waals surface area (Å²) in [6.07, 6.45) is 2.52. The van der Waals surface area contributed by atoms with Gasteiger partial charge in [0.2, 0.25) is 0 Å². The number of rotatable bonds is 6. The van der Waals surface area contributed by atoms with Gasteiger partial charge in [0, 0.05) is 0 Å². The molecule has 4 aromatic carbocycles. The van der Waals surface area contributed by atoms with E-state index in [2.05, 4.69) is 179 Å². The molecule has 0 nitrogen and oxygen atoms in total. The molecule has 4 heteroatoms. The molecule has 0 N–H and O–H groups in total. The van der Waals surface area contributed by atoms with Gasteiger partial charge in [-0.3, -0.25) is 0 Å². The minimum atomic E-state index is -2.69. The van der Waals surface area contributed by atoms with Crippen LogP contribution >= 0.6 is 52.6 Å². The quantitative estimate of drug-likeness (QED) is 0.143. The van der Waals surface area contributed by atoms with Gasteiger partial charge in [-0.05, 0) is 0 Å². The van der Waals surface area contributed by atoms with Crippen LogP contribution in [0.25, 0.3) is 0 Å². The van der Waals surface area contributed by atoms with E-state index in [4.69, 9.17) is 0 Å². The molecule has 5 rings (SSSR count). The molecule has 0 unspecified atom stereocenters. The van der Waals surface area contributed by atoms with E-state index >= 15 is 0 Å². The Balaban J connectivity index is 1.93. The minimum absolute atomic E-state index is 0.184. The summed E-state index contributed by atoms with van der Waals surface area (Å²) >= 11 is 5.99. The van der Waals surface area contributed by atoms with Gasteiger partial charge in [0.05, 0.1) is 0 Å². The molecule has 0 aliphatic heterocycles. The van der Waals surface area contributed by atoms with Gasteiger partial charge in [-0.15, -0.1) is 0 Å². The maximum absolute atomic E-state index is 2.99. The topological polar surface area (TPSA) is 0 Å². The first-order chi connectivity index (χ1) is 15.7. The van der Waals surface area contributed by atoms with E-state index in [0.717, 1.165) is 0 Å². The van der Waals surface area contributed by atoms with E-state index in [-0.39, 0.29) is 4.90 Å². The first-order valence-corrected chi connectivity index (χ1v) is 22.4. The Hall–Kier alpha value is -0.800. The van der Waals surface area contributed by atoms with Crippen molar-refractivity contribution < 1.29 is 0 Å². The van der Waals surface area contributed by atoms with Gasteiger partial charge in [-0.2, -0.15) is 0 Å². The molecule has 0 saturated heterocycles. The van der Waals surface area contributed by atoms with Gasteiger partial charge in [0.15, 0.2) is 0 Å². The Kier molecular flexibility index (Phi) is 5.89. The standard InChI is InChI=1S/C29H30I2P2/c1-32(30,25-15-7-3-8-16-25,26-17-9-4-10-18-26)29(23-24-29)33(2,31,27-19-11-5-12-20-27)28-21-13-6-14-22-28/h3-22H,23-24H2,1-2H3. The molecule has 0 heterocycles. The van der Waals surface area contributed by atoms with Gasteiger partial charge in [0.1, 0.15) is 0 Å². The summed E-state index contributed by atoms with van der Waals surface area (Å²) in [7, 11) is 0. The molecule has 0 spiro atoms. The zero-order chi connectivity index (χ0) is 23.3. The summed E-state index contributed by atoms with van der Waals surface area (Å²) in [6, 6.07) is 45.8. The van der Waals surface area contributed by atoms with Crippen molar-refractivity contribution in [3.05, 3.63) is 121 Å². The zero-order valence-electron chi connectivity index (χ0n) is 19.1. The molecule has 0 aromatic heterocycles. The van der Waals surface area contributed by atoms with Crippen LogP contribution in [0.3, 0.4) is 0 Å². The second-order valence-electron chi connectivity index (χ2n) is 9.68. The van der Waals surface area contributed by atoms with Crippen molar-refractivity contribution in [1.29, 1.82) is 0 Å². The van der Waals surface area contributed by atoms with E-state index in [0.29, 0.717) is 0 Å². The first-order valence-electron chi connectivity index (χ1n) is 11.4. The van der Waals surface area contributed by atoms with Crippen molar-refractivity contribution >= 4 is 73.8 Å². The third-order valence-electron chi connectivity index (χ3n) is 8.16. The molecule has 1 aliphatic rings. The van der Waals surface area contributed by atoms with Crippen molar-refractivity contribution in [1.82, 2.24) is 0 Å². The van der Waals surface area contributed by atoms with E-state index in [1.807, 2.05) is 0 Å². The molecule has 0 atom stereocenters. The predicted molar refractivity (Wildman–Crippen MR) is 170 cm³/mol. The van der Waals surface area contributed by atoms with E-state index < -0.39 is 8.49 Å². The van der Waals surface area contributed by atoms with Crippen LogP contribution in [0.1, 0.15) is 12.8 Å². The van der Waals surface area contributed by atoms with Crippen LogP contribution < -0.4 is 21.2 Å². The zero-order valence-corrected chi connectivity index (χ0v) is 25.2. The number of halogens is 2. The van der Waals surface area contributed by atoms with Crippen LogP contribution in [0.4, 0.5) is 0 Å². The molecule has 170 valence electrons. The third kappa shape index (κ3) is 3.13. The first kappa shape index (κ1) is 23.9. The van der Waals surface area contributed by atoms with E-state index in [9.17, 15) is 0 Å². The summed E-state index contributed by atoms with van der Waals surface area (Å²) in [5, 5.41) is 6.08. The molecule has 1 fully saturated rings. The Morgan fingerprint density at radius 2 is 0.667 bits per heavy atom. The van der Waals surface area contributed by atoms with E-state index in [1.54, 1.807) is 0 Å². The number of hydrogen-bond donors (Lipinski definition) is 0. The molecule has 1 saturated carbocycles. The second-order valence-corrected chi connectivity index (χ2v) is 34.0. The van der Waals surface area contributed by atoms with Crippen LogP contribution in [0.2, 0.25) is 0 Å². The molecule has 0 amide bonds. The van der Waals surface area contributed by atoms with Crippen molar-refractivity contribution in [2.75, 3.05) is 13.3 Å². The van der Waals surface area contributed by atoms with Gasteiger partial charge in [-0.25, -0.2) is 0 Å². The SMILES string of the molecule is CP(I)(c1ccccc1)(c1ccccc1)C1(P(C)(I)(c2ccccc2)c2ccccc2)CC1. The van der Waals surface area contributed by atoms with Crippen molar-refractivity contribution in [2.45, 2.75) is 17.7 Å². The van der Waals surface area contributed by atoms with Crippen LogP contribution in [0.15, 0.2) is 121 Å². The van der Waals surface area contributed by atoms with Crippen molar-refractivity contribution in [3.63, 3.8) is 0 Å². The summed E-state index contributed by atoms with van der Waals surface area (Å²) in [4.78, 5) is 0.184. The monoisotopic (exact) mass is 694 g/mol. The summed E-state index contributed by atoms with van der Waals surface area (Å²) in [5.41, 5.74) is 0. The van der Waals surface area contributed by atoms with E-state index in [1.165, 1.54) is 34.1 Å². The summed E-state index contributed by atoms with van der Waals surface area (Å²) < 4.78 is -5.39. The molecular formula is C29H30I2P2. The van der Waals surface area contributed by atoms with Gasteiger partial charge < -0.3 is 0 Å². The van der Waals surface area contributed by atoms with Crippen molar-refractivity contribution in [2.24, 2.45) is 0 Å². The second kappa shape index (κ2) is 8.12. The van der Waals surface area contributed by atoms with Crippen LogP contribution in [0.5, 0.6) is 0 Å². The maximum atomic E-state index is 2.99. The average molecular weight is 694 g/mol. The molecule has 4 aromatic rings. The fraction of sp³-hybridized carbons (Fsp3) is 0.172. The Morgan fingerprint density at radius 1 is 0.455 bits per heavy atom. The number of benzene rings is 4. The molecule has 33 heavy (non-hydrogen) atoms. The fourth-order valence-corrected chi connectivity index (χ4v) is 40.6. The number of hydrogen-bond acceptors (Lipinski definition) is 0. The van der Waals surface area contributed by atoms with Crippen molar-refractivity contribution in [3.8, 4) is 0 Å². The normalized spacial score (nSPS) is 17.8. The fourth-order valence-electron chi connectivity index (χ4n) is 6.13. The van der Waals surface area contributed by atoms with Crippen LogP contribution in [-0.4, -0.2) is 18.2 Å². The van der Waals surface area contributed by atoms with Gasteiger partial charge >= 0.3 is 226 Å². The Labute approximate surface area is 224 Å². The van der Waals surface area contributed by atoms with Crippen LogP contribution in [-0.2, 0) is 0 Å².